The average molecular weight is 316 g/mol. The van der Waals surface area contributed by atoms with Crippen molar-refractivity contribution in [2.75, 3.05) is 13.1 Å². The van der Waals surface area contributed by atoms with E-state index < -0.39 is 6.10 Å². The van der Waals surface area contributed by atoms with Gasteiger partial charge in [0.25, 0.3) is 0 Å². The fourth-order valence-electron chi connectivity index (χ4n) is 3.01. The van der Waals surface area contributed by atoms with Crippen LogP contribution >= 0.6 is 23.2 Å². The van der Waals surface area contributed by atoms with Crippen LogP contribution in [0, 0.1) is 0 Å². The first kappa shape index (κ1) is 16.1. The van der Waals surface area contributed by atoms with Gasteiger partial charge in [-0.25, -0.2) is 0 Å². The maximum atomic E-state index is 10.7. The van der Waals surface area contributed by atoms with Crippen LogP contribution < -0.4 is 0 Å². The number of likely N-dealkylation sites (tertiary alicyclic amines) is 1. The smallest absolute Gasteiger partial charge is 0.0761 e. The van der Waals surface area contributed by atoms with Crippen LogP contribution in [0.5, 0.6) is 0 Å². The van der Waals surface area contributed by atoms with Crippen molar-refractivity contribution in [3.63, 3.8) is 0 Å². The third-order valence-electron chi connectivity index (χ3n) is 4.69. The molecule has 0 aliphatic carbocycles. The van der Waals surface area contributed by atoms with E-state index in [1.807, 2.05) is 12.1 Å². The first-order chi connectivity index (χ1) is 9.47. The van der Waals surface area contributed by atoms with Gasteiger partial charge < -0.3 is 5.11 Å². The largest absolute Gasteiger partial charge is 0.391 e. The molecule has 1 aliphatic rings. The molecular weight excluding hydrogens is 293 g/mol. The van der Waals surface area contributed by atoms with Crippen molar-refractivity contribution in [1.82, 2.24) is 4.90 Å². The molecule has 2 unspecified atom stereocenters. The second-order valence-electron chi connectivity index (χ2n) is 5.86. The van der Waals surface area contributed by atoms with Crippen LogP contribution in [-0.2, 0) is 6.42 Å². The van der Waals surface area contributed by atoms with E-state index in [2.05, 4.69) is 18.7 Å². The lowest BCUT2D eigenvalue weighted by Crippen LogP contribution is -2.53. The van der Waals surface area contributed by atoms with Crippen molar-refractivity contribution in [3.05, 3.63) is 33.8 Å². The Hall–Kier alpha value is -0.280. The zero-order valence-electron chi connectivity index (χ0n) is 12.2. The van der Waals surface area contributed by atoms with E-state index in [4.69, 9.17) is 23.2 Å². The van der Waals surface area contributed by atoms with Gasteiger partial charge in [0.15, 0.2) is 0 Å². The summed E-state index contributed by atoms with van der Waals surface area (Å²) in [4.78, 5) is 2.42. The Bertz CT molecular complexity index is 460. The molecule has 1 fully saturated rings. The van der Waals surface area contributed by atoms with Crippen LogP contribution in [0.15, 0.2) is 18.2 Å². The second-order valence-corrected chi connectivity index (χ2v) is 6.70. The van der Waals surface area contributed by atoms with Gasteiger partial charge in [-0.3, -0.25) is 4.90 Å². The highest BCUT2D eigenvalue weighted by Crippen LogP contribution is 2.31. The van der Waals surface area contributed by atoms with Crippen LogP contribution in [0.4, 0.5) is 0 Å². The highest BCUT2D eigenvalue weighted by Gasteiger charge is 2.38. The number of benzene rings is 1. The van der Waals surface area contributed by atoms with Gasteiger partial charge in [0.2, 0.25) is 0 Å². The molecule has 0 radical (unpaired) electrons. The fraction of sp³-hybridized carbons (Fsp3) is 0.625. The molecule has 1 aromatic carbocycles. The van der Waals surface area contributed by atoms with Crippen molar-refractivity contribution in [3.8, 4) is 0 Å². The molecule has 2 atom stereocenters. The molecule has 0 spiro atoms. The molecule has 4 heteroatoms. The number of nitrogens with zero attached hydrogens (tertiary/aromatic N) is 1. The van der Waals surface area contributed by atoms with E-state index in [1.54, 1.807) is 6.07 Å². The number of aliphatic hydroxyl groups excluding tert-OH is 1. The number of halogens is 2. The molecule has 1 N–H and O–H groups in total. The molecule has 2 rings (SSSR count). The third kappa shape index (κ3) is 3.30. The molecule has 1 aliphatic heterocycles. The van der Waals surface area contributed by atoms with Crippen LogP contribution in [0.3, 0.4) is 0 Å². The van der Waals surface area contributed by atoms with E-state index in [0.29, 0.717) is 16.5 Å². The average Bonchev–Trinajstić information content (AvgIpc) is 2.95. The second kappa shape index (κ2) is 6.65. The minimum atomic E-state index is -0.427. The summed E-state index contributed by atoms with van der Waals surface area (Å²) in [5.74, 6) is 0. The van der Waals surface area contributed by atoms with Crippen LogP contribution in [0.2, 0.25) is 10.0 Å². The van der Waals surface area contributed by atoms with Crippen molar-refractivity contribution < 1.29 is 5.11 Å². The first-order valence-corrected chi connectivity index (χ1v) is 8.10. The molecule has 1 heterocycles. The van der Waals surface area contributed by atoms with E-state index in [1.165, 1.54) is 12.8 Å². The summed E-state index contributed by atoms with van der Waals surface area (Å²) in [5, 5.41) is 12.0. The predicted molar refractivity (Wildman–Crippen MR) is 85.7 cm³/mol. The van der Waals surface area contributed by atoms with Crippen LogP contribution in [0.1, 0.15) is 38.7 Å². The maximum Gasteiger partial charge on any atom is 0.0761 e. The molecule has 1 aromatic rings. The molecule has 0 amide bonds. The van der Waals surface area contributed by atoms with E-state index in [0.717, 1.165) is 25.1 Å². The van der Waals surface area contributed by atoms with Crippen molar-refractivity contribution in [2.45, 2.75) is 51.2 Å². The van der Waals surface area contributed by atoms with E-state index in [-0.39, 0.29) is 5.54 Å². The SMILES string of the molecule is CCC(C)(C(O)Cc1ccc(Cl)cc1Cl)N1CCCC1. The Morgan fingerprint density at radius 1 is 1.30 bits per heavy atom. The van der Waals surface area contributed by atoms with Gasteiger partial charge in [0, 0.05) is 22.0 Å². The van der Waals surface area contributed by atoms with E-state index >= 15 is 0 Å². The Morgan fingerprint density at radius 2 is 1.95 bits per heavy atom. The third-order valence-corrected chi connectivity index (χ3v) is 5.28. The maximum absolute atomic E-state index is 10.7. The standard InChI is InChI=1S/C16H23Cl2NO/c1-3-16(2,19-8-4-5-9-19)15(20)10-12-6-7-13(17)11-14(12)18/h6-7,11,15,20H,3-5,8-10H2,1-2H3. The predicted octanol–water partition coefficient (Wildman–Crippen LogP) is 4.16. The number of hydrogen-bond acceptors (Lipinski definition) is 2. The zero-order valence-corrected chi connectivity index (χ0v) is 13.7. The minimum absolute atomic E-state index is 0.181. The first-order valence-electron chi connectivity index (χ1n) is 7.34. The van der Waals surface area contributed by atoms with Crippen molar-refractivity contribution in [1.29, 1.82) is 0 Å². The fourth-order valence-corrected chi connectivity index (χ4v) is 3.50. The number of hydrogen-bond donors (Lipinski definition) is 1. The zero-order chi connectivity index (χ0) is 14.8. The normalized spacial score (nSPS) is 20.9. The topological polar surface area (TPSA) is 23.5 Å². The molecule has 0 bridgehead atoms. The van der Waals surface area contributed by atoms with Gasteiger partial charge in [-0.2, -0.15) is 0 Å². The highest BCUT2D eigenvalue weighted by atomic mass is 35.5. The quantitative estimate of drug-likeness (QED) is 0.881. The summed E-state index contributed by atoms with van der Waals surface area (Å²) in [7, 11) is 0. The Kier molecular flexibility index (Phi) is 5.36. The molecule has 2 nitrogen and oxygen atoms in total. The monoisotopic (exact) mass is 315 g/mol. The number of aliphatic hydroxyl groups is 1. The van der Waals surface area contributed by atoms with Gasteiger partial charge in [0.05, 0.1) is 6.10 Å². The molecular formula is C16H23Cl2NO. The summed E-state index contributed by atoms with van der Waals surface area (Å²) >= 11 is 12.1. The Labute approximate surface area is 131 Å². The summed E-state index contributed by atoms with van der Waals surface area (Å²) in [6.07, 6.45) is 3.52. The molecule has 1 saturated heterocycles. The Morgan fingerprint density at radius 3 is 2.50 bits per heavy atom. The highest BCUT2D eigenvalue weighted by molar-refractivity contribution is 6.35. The molecule has 0 aromatic heterocycles. The minimum Gasteiger partial charge on any atom is -0.391 e. The van der Waals surface area contributed by atoms with Gasteiger partial charge >= 0.3 is 0 Å². The number of rotatable bonds is 5. The van der Waals surface area contributed by atoms with Crippen LogP contribution in [-0.4, -0.2) is 34.7 Å². The van der Waals surface area contributed by atoms with Crippen LogP contribution in [0.25, 0.3) is 0 Å². The summed E-state index contributed by atoms with van der Waals surface area (Å²) in [5.41, 5.74) is 0.780. The van der Waals surface area contributed by atoms with E-state index in [9.17, 15) is 5.11 Å². The summed E-state index contributed by atoms with van der Waals surface area (Å²) in [6, 6.07) is 5.48. The molecule has 112 valence electrons. The lowest BCUT2D eigenvalue weighted by Gasteiger charge is -2.42. The van der Waals surface area contributed by atoms with Gasteiger partial charge in [-0.15, -0.1) is 0 Å². The van der Waals surface area contributed by atoms with Crippen molar-refractivity contribution in [2.24, 2.45) is 0 Å². The van der Waals surface area contributed by atoms with Gasteiger partial charge in [0.1, 0.15) is 0 Å². The van der Waals surface area contributed by atoms with Gasteiger partial charge in [-0.1, -0.05) is 36.2 Å². The van der Waals surface area contributed by atoms with Crippen molar-refractivity contribution >= 4 is 23.2 Å². The van der Waals surface area contributed by atoms with Gasteiger partial charge in [-0.05, 0) is 57.0 Å². The summed E-state index contributed by atoms with van der Waals surface area (Å²) in [6.45, 7) is 6.46. The lowest BCUT2D eigenvalue weighted by molar-refractivity contribution is -0.0117. The summed E-state index contributed by atoms with van der Waals surface area (Å²) < 4.78 is 0. The molecule has 20 heavy (non-hydrogen) atoms. The Balaban J connectivity index is 2.14. The lowest BCUT2D eigenvalue weighted by atomic mass is 9.86. The molecule has 0 saturated carbocycles.